The van der Waals surface area contributed by atoms with Gasteiger partial charge >= 0.3 is 5.97 Å². The molecule has 1 N–H and O–H groups in total. The Morgan fingerprint density at radius 2 is 2.36 bits per heavy atom. The quantitative estimate of drug-likeness (QED) is 0.817. The predicted octanol–water partition coefficient (Wildman–Crippen LogP) is 1.39. The van der Waals surface area contributed by atoms with Gasteiger partial charge in [0.15, 0.2) is 5.69 Å². The molecule has 0 saturated heterocycles. The molecule has 0 saturated carbocycles. The SMILES string of the molecule is CSCCc1ncc(C)c(C(=O)O)n1. The molecule has 14 heavy (non-hydrogen) atoms. The van der Waals surface area contributed by atoms with Gasteiger partial charge in [-0.2, -0.15) is 11.8 Å². The van der Waals surface area contributed by atoms with Crippen molar-refractivity contribution in [2.45, 2.75) is 13.3 Å². The Labute approximate surface area is 86.8 Å². The van der Waals surface area contributed by atoms with Gasteiger partial charge in [-0.3, -0.25) is 0 Å². The van der Waals surface area contributed by atoms with Crippen molar-refractivity contribution in [2.24, 2.45) is 0 Å². The van der Waals surface area contributed by atoms with E-state index in [0.717, 1.165) is 5.75 Å². The number of rotatable bonds is 4. The van der Waals surface area contributed by atoms with E-state index >= 15 is 0 Å². The third-order valence-electron chi connectivity index (χ3n) is 1.75. The predicted molar refractivity (Wildman–Crippen MR) is 55.8 cm³/mol. The number of hydrogen-bond acceptors (Lipinski definition) is 4. The maximum absolute atomic E-state index is 10.8. The highest BCUT2D eigenvalue weighted by atomic mass is 32.2. The Morgan fingerprint density at radius 3 is 2.93 bits per heavy atom. The smallest absolute Gasteiger partial charge is 0.354 e. The lowest BCUT2D eigenvalue weighted by molar-refractivity contribution is 0.0689. The van der Waals surface area contributed by atoms with Crippen molar-refractivity contribution in [1.29, 1.82) is 0 Å². The van der Waals surface area contributed by atoms with E-state index in [0.29, 0.717) is 17.8 Å². The lowest BCUT2D eigenvalue weighted by Crippen LogP contribution is -2.08. The van der Waals surface area contributed by atoms with Crippen molar-refractivity contribution >= 4 is 17.7 Å². The first-order valence-electron chi connectivity index (χ1n) is 4.20. The molecule has 0 fully saturated rings. The number of thioether (sulfide) groups is 1. The van der Waals surface area contributed by atoms with E-state index in [1.807, 2.05) is 6.26 Å². The summed E-state index contributed by atoms with van der Waals surface area (Å²) in [5, 5.41) is 8.82. The minimum atomic E-state index is -0.990. The second kappa shape index (κ2) is 4.95. The van der Waals surface area contributed by atoms with Gasteiger partial charge in [-0.25, -0.2) is 14.8 Å². The summed E-state index contributed by atoms with van der Waals surface area (Å²) in [6, 6.07) is 0. The summed E-state index contributed by atoms with van der Waals surface area (Å²) in [5.74, 6) is 0.514. The maximum atomic E-state index is 10.8. The number of carboxylic acid groups (broad SMARTS) is 1. The molecule has 0 amide bonds. The molecule has 0 aliphatic heterocycles. The number of aromatic nitrogens is 2. The summed E-state index contributed by atoms with van der Waals surface area (Å²) < 4.78 is 0. The van der Waals surface area contributed by atoms with Crippen LogP contribution >= 0.6 is 11.8 Å². The number of hydrogen-bond donors (Lipinski definition) is 1. The molecule has 0 unspecified atom stereocenters. The zero-order valence-corrected chi connectivity index (χ0v) is 8.97. The van der Waals surface area contributed by atoms with E-state index < -0.39 is 5.97 Å². The number of carbonyl (C=O) groups is 1. The van der Waals surface area contributed by atoms with E-state index in [4.69, 9.17) is 5.11 Å². The highest BCUT2D eigenvalue weighted by Crippen LogP contribution is 2.05. The Morgan fingerprint density at radius 1 is 1.64 bits per heavy atom. The van der Waals surface area contributed by atoms with Crippen molar-refractivity contribution in [2.75, 3.05) is 12.0 Å². The molecule has 5 heteroatoms. The molecule has 4 nitrogen and oxygen atoms in total. The van der Waals surface area contributed by atoms with Gasteiger partial charge in [0.05, 0.1) is 0 Å². The molecule has 0 bridgehead atoms. The molecule has 0 atom stereocenters. The normalized spacial score (nSPS) is 10.1. The number of carboxylic acids is 1. The Hall–Kier alpha value is -1.10. The molecule has 0 aliphatic carbocycles. The van der Waals surface area contributed by atoms with Gasteiger partial charge in [0.1, 0.15) is 5.82 Å². The third kappa shape index (κ3) is 2.70. The topological polar surface area (TPSA) is 63.1 Å². The highest BCUT2D eigenvalue weighted by molar-refractivity contribution is 7.98. The molecule has 1 rings (SSSR count). The van der Waals surface area contributed by atoms with Crippen molar-refractivity contribution < 1.29 is 9.90 Å². The van der Waals surface area contributed by atoms with Gasteiger partial charge in [0.2, 0.25) is 0 Å². The molecule has 0 spiro atoms. The second-order valence-electron chi connectivity index (χ2n) is 2.87. The molecule has 0 radical (unpaired) electrons. The van der Waals surface area contributed by atoms with Crippen LogP contribution in [0.3, 0.4) is 0 Å². The van der Waals surface area contributed by atoms with Crippen molar-refractivity contribution in [3.63, 3.8) is 0 Å². The van der Waals surface area contributed by atoms with Crippen molar-refractivity contribution in [3.8, 4) is 0 Å². The van der Waals surface area contributed by atoms with Crippen LogP contribution in [0.1, 0.15) is 21.9 Å². The van der Waals surface area contributed by atoms with Gasteiger partial charge in [0, 0.05) is 23.9 Å². The number of aryl methyl sites for hydroxylation is 2. The van der Waals surface area contributed by atoms with Crippen LogP contribution in [0.15, 0.2) is 6.20 Å². The second-order valence-corrected chi connectivity index (χ2v) is 3.85. The monoisotopic (exact) mass is 212 g/mol. The summed E-state index contributed by atoms with van der Waals surface area (Å²) in [6.07, 6.45) is 4.26. The highest BCUT2D eigenvalue weighted by Gasteiger charge is 2.10. The van der Waals surface area contributed by atoms with Gasteiger partial charge in [-0.1, -0.05) is 0 Å². The lowest BCUT2D eigenvalue weighted by Gasteiger charge is -2.02. The molecule has 0 aliphatic rings. The van der Waals surface area contributed by atoms with Crippen LogP contribution in [0.4, 0.5) is 0 Å². The largest absolute Gasteiger partial charge is 0.477 e. The van der Waals surface area contributed by atoms with Crippen LogP contribution in [0.2, 0.25) is 0 Å². The van der Waals surface area contributed by atoms with E-state index in [1.165, 1.54) is 0 Å². The van der Waals surface area contributed by atoms with E-state index in [-0.39, 0.29) is 5.69 Å². The minimum absolute atomic E-state index is 0.108. The average Bonchev–Trinajstić information content (AvgIpc) is 2.16. The summed E-state index contributed by atoms with van der Waals surface area (Å²) in [7, 11) is 0. The molecular weight excluding hydrogens is 200 g/mol. The Kier molecular flexibility index (Phi) is 3.88. The van der Waals surface area contributed by atoms with Gasteiger partial charge in [-0.15, -0.1) is 0 Å². The van der Waals surface area contributed by atoms with Crippen LogP contribution < -0.4 is 0 Å². The standard InChI is InChI=1S/C9H12N2O2S/c1-6-5-10-7(3-4-14-2)11-8(6)9(12)13/h5H,3-4H2,1-2H3,(H,12,13). The van der Waals surface area contributed by atoms with Crippen LogP contribution in [-0.4, -0.2) is 33.1 Å². The molecule has 0 aromatic carbocycles. The van der Waals surface area contributed by atoms with Crippen LogP contribution in [0.25, 0.3) is 0 Å². The van der Waals surface area contributed by atoms with Crippen LogP contribution in [0.5, 0.6) is 0 Å². The van der Waals surface area contributed by atoms with Gasteiger partial charge in [-0.05, 0) is 13.2 Å². The van der Waals surface area contributed by atoms with Crippen molar-refractivity contribution in [1.82, 2.24) is 9.97 Å². The van der Waals surface area contributed by atoms with Crippen molar-refractivity contribution in [3.05, 3.63) is 23.3 Å². The van der Waals surface area contributed by atoms with Crippen LogP contribution in [-0.2, 0) is 6.42 Å². The first kappa shape index (κ1) is 11.0. The van der Waals surface area contributed by atoms with E-state index in [9.17, 15) is 4.79 Å². The first-order chi connectivity index (χ1) is 6.65. The Bertz CT molecular complexity index is 342. The number of aromatic carboxylic acids is 1. The zero-order valence-electron chi connectivity index (χ0n) is 8.15. The van der Waals surface area contributed by atoms with E-state index in [2.05, 4.69) is 9.97 Å². The zero-order chi connectivity index (χ0) is 10.6. The fourth-order valence-corrected chi connectivity index (χ4v) is 1.40. The molecule has 1 heterocycles. The molecule has 76 valence electrons. The summed E-state index contributed by atoms with van der Waals surface area (Å²) in [5.41, 5.74) is 0.710. The summed E-state index contributed by atoms with van der Waals surface area (Å²) in [6.45, 7) is 1.70. The van der Waals surface area contributed by atoms with E-state index in [1.54, 1.807) is 24.9 Å². The fourth-order valence-electron chi connectivity index (χ4n) is 1.01. The summed E-state index contributed by atoms with van der Waals surface area (Å²) in [4.78, 5) is 18.8. The number of nitrogens with zero attached hydrogens (tertiary/aromatic N) is 2. The summed E-state index contributed by atoms with van der Waals surface area (Å²) >= 11 is 1.69. The third-order valence-corrected chi connectivity index (χ3v) is 2.37. The molecular formula is C9H12N2O2S. The van der Waals surface area contributed by atoms with Crippen LogP contribution in [0, 0.1) is 6.92 Å². The fraction of sp³-hybridized carbons (Fsp3) is 0.444. The first-order valence-corrected chi connectivity index (χ1v) is 5.59. The van der Waals surface area contributed by atoms with Gasteiger partial charge in [0.25, 0.3) is 0 Å². The molecule has 1 aromatic heterocycles. The maximum Gasteiger partial charge on any atom is 0.354 e. The van der Waals surface area contributed by atoms with Gasteiger partial charge < -0.3 is 5.11 Å². The minimum Gasteiger partial charge on any atom is -0.477 e. The lowest BCUT2D eigenvalue weighted by atomic mass is 10.2. The average molecular weight is 212 g/mol. The molecule has 1 aromatic rings. The Balaban J connectivity index is 2.89.